The molecule has 14 nitrogen and oxygen atoms in total. The summed E-state index contributed by atoms with van der Waals surface area (Å²) in [4.78, 5) is 49.6. The van der Waals surface area contributed by atoms with Gasteiger partial charge in [-0.2, -0.15) is 4.98 Å². The molecule has 4 aliphatic rings. The summed E-state index contributed by atoms with van der Waals surface area (Å²) in [6.07, 6.45) is 9.12. The van der Waals surface area contributed by atoms with Crippen LogP contribution in [-0.2, 0) is 27.0 Å². The van der Waals surface area contributed by atoms with Gasteiger partial charge in [0, 0.05) is 104 Å². The Morgan fingerprint density at radius 1 is 0.894 bits per heavy atom. The van der Waals surface area contributed by atoms with Crippen molar-refractivity contribution in [2.45, 2.75) is 77.2 Å². The first kappa shape index (κ1) is 45.9. The summed E-state index contributed by atoms with van der Waals surface area (Å²) in [5, 5.41) is 10.4. The fourth-order valence-electron chi connectivity index (χ4n) is 10.4. The van der Waals surface area contributed by atoms with Gasteiger partial charge >= 0.3 is 0 Å². The minimum absolute atomic E-state index is 0.0627. The monoisotopic (exact) mass is 984 g/mol. The number of ether oxygens (including phenoxy) is 1. The normalized spacial score (nSPS) is 19.2. The van der Waals surface area contributed by atoms with Crippen LogP contribution < -0.4 is 35.8 Å². The third kappa shape index (κ3) is 9.10. The first-order valence-electron chi connectivity index (χ1n) is 22.8. The lowest BCUT2D eigenvalue weighted by Gasteiger charge is -2.57. The standard InChI is InChI=1S/C48H56BrF2N10O4P/c1-6-28-20-38(56-47-53-25-33(49)45(58-47)55-37-10-9-36-32(44(37)66(4,5)64)24-52-41(7-2)54-36)40(65-3)23-39(28)60-16-12-29(13-17-60)61-26-48(27-61)14-18-59(19-15-48)30-21-34(50)43(35(51)22-30)31-8-11-42(62)57-46(31)63/h9-10,20-25,29,31H,6-8,11-19,26-27H2,1-5H3,(H,57,62,63)(H2,53,55,56,58)/t31-/m1/s1. The van der Waals surface area contributed by atoms with Gasteiger partial charge in [-0.25, -0.2) is 23.7 Å². The lowest BCUT2D eigenvalue weighted by molar-refractivity contribution is -0.134. The second-order valence-electron chi connectivity index (χ2n) is 18.5. The van der Waals surface area contributed by atoms with E-state index in [1.165, 1.54) is 17.7 Å². The summed E-state index contributed by atoms with van der Waals surface area (Å²) in [6, 6.07) is 11.2. The van der Waals surface area contributed by atoms with Crippen LogP contribution >= 0.6 is 23.1 Å². The maximum atomic E-state index is 15.3. The molecule has 1 atom stereocenters. The molecule has 18 heteroatoms. The van der Waals surface area contributed by atoms with Crippen molar-refractivity contribution < 1.29 is 27.7 Å². The quantitative estimate of drug-likeness (QED) is 0.0810. The van der Waals surface area contributed by atoms with Crippen molar-refractivity contribution in [3.8, 4) is 5.75 Å². The van der Waals surface area contributed by atoms with Gasteiger partial charge in [-0.1, -0.05) is 13.8 Å². The molecule has 0 radical (unpaired) electrons. The minimum Gasteiger partial charge on any atom is -0.494 e. The van der Waals surface area contributed by atoms with E-state index in [-0.39, 0.29) is 23.8 Å². The van der Waals surface area contributed by atoms with Gasteiger partial charge < -0.3 is 29.7 Å². The van der Waals surface area contributed by atoms with Crippen molar-refractivity contribution in [1.82, 2.24) is 30.2 Å². The summed E-state index contributed by atoms with van der Waals surface area (Å²) in [7, 11) is -1.12. The molecule has 348 valence electrons. The average molecular weight is 986 g/mol. The van der Waals surface area contributed by atoms with Crippen molar-refractivity contribution in [2.75, 3.05) is 80.1 Å². The zero-order chi connectivity index (χ0) is 46.5. The Morgan fingerprint density at radius 3 is 2.27 bits per heavy atom. The number of aryl methyl sites for hydroxylation is 2. The van der Waals surface area contributed by atoms with E-state index in [2.05, 4.69) is 75.7 Å². The van der Waals surface area contributed by atoms with Gasteiger partial charge in [0.2, 0.25) is 17.8 Å². The number of halogens is 3. The van der Waals surface area contributed by atoms with E-state index >= 15 is 8.78 Å². The molecule has 2 amide bonds. The van der Waals surface area contributed by atoms with Gasteiger partial charge in [0.1, 0.15) is 36.2 Å². The van der Waals surface area contributed by atoms with Crippen molar-refractivity contribution >= 4 is 85.6 Å². The number of imide groups is 1. The molecule has 0 unspecified atom stereocenters. The van der Waals surface area contributed by atoms with Gasteiger partial charge in [-0.3, -0.25) is 19.8 Å². The molecule has 3 N–H and O–H groups in total. The van der Waals surface area contributed by atoms with E-state index < -0.39 is 36.5 Å². The van der Waals surface area contributed by atoms with Crippen molar-refractivity contribution in [1.29, 1.82) is 0 Å². The Bertz CT molecular complexity index is 2730. The molecule has 4 saturated heterocycles. The van der Waals surface area contributed by atoms with Gasteiger partial charge in [0.05, 0.1) is 34.4 Å². The van der Waals surface area contributed by atoms with Crippen LogP contribution in [0.4, 0.5) is 43.3 Å². The number of aromatic nitrogens is 4. The number of methoxy groups -OCH3 is 1. The van der Waals surface area contributed by atoms with Crippen LogP contribution in [0.15, 0.2) is 53.3 Å². The van der Waals surface area contributed by atoms with Crippen LogP contribution in [0.5, 0.6) is 5.75 Å². The first-order chi connectivity index (χ1) is 31.6. The molecule has 6 heterocycles. The number of anilines is 6. The molecule has 3 aromatic carbocycles. The Morgan fingerprint density at radius 2 is 1.62 bits per heavy atom. The number of rotatable bonds is 12. The number of hydrogen-bond acceptors (Lipinski definition) is 13. The number of piperidine rings is 3. The summed E-state index contributed by atoms with van der Waals surface area (Å²) in [5.41, 5.74) is 4.95. The maximum Gasteiger partial charge on any atom is 0.234 e. The highest BCUT2D eigenvalue weighted by Gasteiger charge is 2.47. The molecular weight excluding hydrogens is 929 g/mol. The highest BCUT2D eigenvalue weighted by atomic mass is 79.9. The SMILES string of the molecule is CCc1ncc2c(P(C)(C)=O)c(Nc3nc(Nc4cc(CC)c(N5CCC(N6CC7(CCN(c8cc(F)c([C@H]9CCC(=O)NC9=O)c(F)c8)CC7)C6)CC5)cc4OC)ncc3Br)ccc2n1. The van der Waals surface area contributed by atoms with Crippen LogP contribution in [-0.4, -0.2) is 102 Å². The number of amides is 2. The van der Waals surface area contributed by atoms with Crippen LogP contribution in [0.25, 0.3) is 10.9 Å². The molecule has 5 aromatic rings. The zero-order valence-corrected chi connectivity index (χ0v) is 40.5. The number of carbonyl (C=O) groups is 2. The largest absolute Gasteiger partial charge is 0.494 e. The molecule has 4 fully saturated rings. The molecular formula is C48H56BrF2N10O4P. The molecule has 1 spiro atoms. The Kier molecular flexibility index (Phi) is 12.8. The third-order valence-electron chi connectivity index (χ3n) is 13.9. The number of nitrogens with zero attached hydrogens (tertiary/aromatic N) is 7. The number of carbonyl (C=O) groups excluding carboxylic acids is 2. The molecule has 0 saturated carbocycles. The van der Waals surface area contributed by atoms with Gasteiger partial charge in [0.15, 0.2) is 0 Å². The summed E-state index contributed by atoms with van der Waals surface area (Å²) < 4.78 is 50.9. The Hall–Kier alpha value is -5.25. The number of nitrogens with one attached hydrogen (secondary N) is 3. The molecule has 2 aromatic heterocycles. The molecule has 0 bridgehead atoms. The van der Waals surface area contributed by atoms with E-state index in [9.17, 15) is 14.2 Å². The van der Waals surface area contributed by atoms with E-state index in [0.29, 0.717) is 64.2 Å². The first-order valence-corrected chi connectivity index (χ1v) is 26.2. The number of benzene rings is 3. The van der Waals surface area contributed by atoms with Crippen LogP contribution in [0, 0.1) is 17.0 Å². The fraction of sp³-hybridized carbons (Fsp3) is 0.458. The highest BCUT2D eigenvalue weighted by Crippen LogP contribution is 2.46. The van der Waals surface area contributed by atoms with Gasteiger partial charge in [-0.05, 0) is 109 Å². The highest BCUT2D eigenvalue weighted by molar-refractivity contribution is 9.10. The van der Waals surface area contributed by atoms with Crippen LogP contribution in [0.3, 0.4) is 0 Å². The fourth-order valence-corrected chi connectivity index (χ4v) is 12.1. The maximum absolute atomic E-state index is 15.3. The van der Waals surface area contributed by atoms with Gasteiger partial charge in [0.25, 0.3) is 0 Å². The van der Waals surface area contributed by atoms with Crippen molar-refractivity contribution in [3.63, 3.8) is 0 Å². The summed E-state index contributed by atoms with van der Waals surface area (Å²) in [6.45, 7) is 13.0. The predicted molar refractivity (Wildman–Crippen MR) is 259 cm³/mol. The van der Waals surface area contributed by atoms with Crippen LogP contribution in [0.1, 0.15) is 75.2 Å². The lowest BCUT2D eigenvalue weighted by Crippen LogP contribution is -2.64. The zero-order valence-electron chi connectivity index (χ0n) is 38.0. The Labute approximate surface area is 392 Å². The van der Waals surface area contributed by atoms with E-state index in [1.807, 2.05) is 24.0 Å². The minimum atomic E-state index is -2.79. The molecule has 4 aliphatic heterocycles. The smallest absolute Gasteiger partial charge is 0.234 e. The van der Waals surface area contributed by atoms with Crippen LogP contribution in [0.2, 0.25) is 0 Å². The Balaban J connectivity index is 0.818. The molecule has 66 heavy (non-hydrogen) atoms. The summed E-state index contributed by atoms with van der Waals surface area (Å²) in [5.74, 6) is -1.26. The topological polar surface area (TPSA) is 158 Å². The van der Waals surface area contributed by atoms with Gasteiger partial charge in [-0.15, -0.1) is 0 Å². The summed E-state index contributed by atoms with van der Waals surface area (Å²) >= 11 is 3.61. The van der Waals surface area contributed by atoms with E-state index in [0.717, 1.165) is 86.4 Å². The number of fused-ring (bicyclic) bond motifs is 1. The van der Waals surface area contributed by atoms with Crippen molar-refractivity contribution in [2.24, 2.45) is 5.41 Å². The molecule has 0 aliphatic carbocycles. The van der Waals surface area contributed by atoms with Crippen molar-refractivity contribution in [3.05, 3.63) is 81.9 Å². The number of hydrogen-bond donors (Lipinski definition) is 3. The predicted octanol–water partition coefficient (Wildman–Crippen LogP) is 8.42. The van der Waals surface area contributed by atoms with E-state index in [4.69, 9.17) is 9.72 Å². The molecule has 9 rings (SSSR count). The second-order valence-corrected chi connectivity index (χ2v) is 22.5. The average Bonchev–Trinajstić information content (AvgIpc) is 3.29. The second kappa shape index (κ2) is 18.4. The lowest BCUT2D eigenvalue weighted by atomic mass is 9.70. The number of likely N-dealkylation sites (tertiary alicyclic amines) is 1. The third-order valence-corrected chi connectivity index (χ3v) is 16.0. The van der Waals surface area contributed by atoms with E-state index in [1.54, 1.807) is 32.8 Å².